The topological polar surface area (TPSA) is 9.23 Å². The van der Waals surface area contributed by atoms with Crippen LogP contribution >= 0.6 is 0 Å². The van der Waals surface area contributed by atoms with Crippen molar-refractivity contribution in [2.75, 3.05) is 6.61 Å². The van der Waals surface area contributed by atoms with Crippen LogP contribution in [0.4, 0.5) is 0 Å². The van der Waals surface area contributed by atoms with Crippen LogP contribution in [0.25, 0.3) is 0 Å². The van der Waals surface area contributed by atoms with E-state index in [1.165, 1.54) is 38.5 Å². The molecule has 0 aromatic rings. The van der Waals surface area contributed by atoms with Gasteiger partial charge >= 0.3 is 0 Å². The Morgan fingerprint density at radius 2 is 1.71 bits per heavy atom. The molecule has 0 unspecified atom stereocenters. The second-order valence-electron chi connectivity index (χ2n) is 3.48. The van der Waals surface area contributed by atoms with Crippen molar-refractivity contribution in [1.29, 1.82) is 0 Å². The van der Waals surface area contributed by atoms with Crippen molar-refractivity contribution in [3.8, 4) is 0 Å². The minimum absolute atomic E-state index is 0.854. The Hall–Kier alpha value is -0.720. The normalized spacial score (nSPS) is 11.6. The van der Waals surface area contributed by atoms with Crippen molar-refractivity contribution in [2.24, 2.45) is 0 Å². The van der Waals surface area contributed by atoms with E-state index in [-0.39, 0.29) is 0 Å². The van der Waals surface area contributed by atoms with Gasteiger partial charge in [-0.05, 0) is 18.9 Å². The van der Waals surface area contributed by atoms with E-state index in [4.69, 9.17) is 4.74 Å². The van der Waals surface area contributed by atoms with Gasteiger partial charge in [-0.3, -0.25) is 0 Å². The van der Waals surface area contributed by atoms with Crippen molar-refractivity contribution in [3.05, 3.63) is 24.5 Å². The van der Waals surface area contributed by atoms with E-state index in [1.54, 1.807) is 6.26 Å². The van der Waals surface area contributed by atoms with Gasteiger partial charge in [-0.25, -0.2) is 0 Å². The Bertz CT molecular complexity index is 147. The molecule has 1 nitrogen and oxygen atoms in total. The highest BCUT2D eigenvalue weighted by molar-refractivity contribution is 4.99. The Morgan fingerprint density at radius 3 is 2.43 bits per heavy atom. The van der Waals surface area contributed by atoms with Crippen LogP contribution in [0.1, 0.15) is 52.4 Å². The third-order valence-electron chi connectivity index (χ3n) is 2.01. The number of hydrogen-bond acceptors (Lipinski definition) is 1. The maximum atomic E-state index is 5.31. The van der Waals surface area contributed by atoms with Crippen LogP contribution in [-0.2, 0) is 4.74 Å². The SMILES string of the molecule is CCCC/C=C/C=C/OCCCCC. The van der Waals surface area contributed by atoms with Gasteiger partial charge in [-0.1, -0.05) is 51.7 Å². The summed E-state index contributed by atoms with van der Waals surface area (Å²) >= 11 is 0. The van der Waals surface area contributed by atoms with E-state index in [9.17, 15) is 0 Å². The van der Waals surface area contributed by atoms with E-state index in [1.807, 2.05) is 6.08 Å². The molecule has 0 aliphatic heterocycles. The van der Waals surface area contributed by atoms with Gasteiger partial charge in [0.1, 0.15) is 0 Å². The van der Waals surface area contributed by atoms with Crippen molar-refractivity contribution in [2.45, 2.75) is 52.4 Å². The first-order chi connectivity index (χ1) is 6.91. The molecule has 0 rings (SSSR count). The molecule has 0 aliphatic carbocycles. The minimum atomic E-state index is 0.854. The molecule has 0 aliphatic rings. The average Bonchev–Trinajstić information content (AvgIpc) is 2.21. The summed E-state index contributed by atoms with van der Waals surface area (Å²) in [4.78, 5) is 0. The molecule has 0 radical (unpaired) electrons. The largest absolute Gasteiger partial charge is 0.501 e. The van der Waals surface area contributed by atoms with Gasteiger partial charge < -0.3 is 4.74 Å². The number of allylic oxidation sites excluding steroid dienone is 3. The van der Waals surface area contributed by atoms with Crippen LogP contribution < -0.4 is 0 Å². The summed E-state index contributed by atoms with van der Waals surface area (Å²) in [5.74, 6) is 0. The second-order valence-corrected chi connectivity index (χ2v) is 3.48. The van der Waals surface area contributed by atoms with Crippen molar-refractivity contribution >= 4 is 0 Å². The highest BCUT2D eigenvalue weighted by Crippen LogP contribution is 1.96. The molecule has 14 heavy (non-hydrogen) atoms. The first-order valence-electron chi connectivity index (χ1n) is 5.85. The molecule has 0 fully saturated rings. The number of ether oxygens (including phenoxy) is 1. The van der Waals surface area contributed by atoms with Gasteiger partial charge in [0.25, 0.3) is 0 Å². The maximum absolute atomic E-state index is 5.31. The highest BCUT2D eigenvalue weighted by Gasteiger charge is 1.82. The van der Waals surface area contributed by atoms with E-state index in [0.717, 1.165) is 6.61 Å². The summed E-state index contributed by atoms with van der Waals surface area (Å²) in [5, 5.41) is 0. The lowest BCUT2D eigenvalue weighted by Crippen LogP contribution is -1.85. The summed E-state index contributed by atoms with van der Waals surface area (Å²) in [5.41, 5.74) is 0. The van der Waals surface area contributed by atoms with Gasteiger partial charge in [0.15, 0.2) is 0 Å². The Kier molecular flexibility index (Phi) is 11.6. The van der Waals surface area contributed by atoms with E-state index in [0.29, 0.717) is 0 Å². The molecule has 0 atom stereocenters. The zero-order valence-corrected chi connectivity index (χ0v) is 9.67. The lowest BCUT2D eigenvalue weighted by Gasteiger charge is -1.97. The number of unbranched alkanes of at least 4 members (excludes halogenated alkanes) is 4. The maximum Gasteiger partial charge on any atom is 0.0873 e. The molecule has 0 amide bonds. The van der Waals surface area contributed by atoms with Crippen LogP contribution in [0.15, 0.2) is 24.5 Å². The molecule has 0 aromatic carbocycles. The zero-order chi connectivity index (χ0) is 10.5. The molecule has 0 bridgehead atoms. The third kappa shape index (κ3) is 11.3. The summed E-state index contributed by atoms with van der Waals surface area (Å²) < 4.78 is 5.31. The van der Waals surface area contributed by atoms with Crippen molar-refractivity contribution < 1.29 is 4.74 Å². The summed E-state index contributed by atoms with van der Waals surface area (Å²) in [6.07, 6.45) is 15.4. The average molecular weight is 196 g/mol. The van der Waals surface area contributed by atoms with E-state index in [2.05, 4.69) is 26.0 Å². The van der Waals surface area contributed by atoms with Crippen LogP contribution in [0.5, 0.6) is 0 Å². The Morgan fingerprint density at radius 1 is 0.929 bits per heavy atom. The predicted molar refractivity (Wildman–Crippen MR) is 63.3 cm³/mol. The van der Waals surface area contributed by atoms with Gasteiger partial charge in [0.05, 0.1) is 12.9 Å². The lowest BCUT2D eigenvalue weighted by atomic mass is 10.2. The van der Waals surface area contributed by atoms with Crippen LogP contribution in [0.3, 0.4) is 0 Å². The first kappa shape index (κ1) is 13.3. The summed E-state index contributed by atoms with van der Waals surface area (Å²) in [7, 11) is 0. The van der Waals surface area contributed by atoms with Gasteiger partial charge in [0.2, 0.25) is 0 Å². The molecule has 0 saturated carbocycles. The fraction of sp³-hybridized carbons (Fsp3) is 0.692. The number of rotatable bonds is 9. The van der Waals surface area contributed by atoms with Crippen LogP contribution in [0, 0.1) is 0 Å². The van der Waals surface area contributed by atoms with E-state index >= 15 is 0 Å². The monoisotopic (exact) mass is 196 g/mol. The quantitative estimate of drug-likeness (QED) is 0.301. The molecule has 82 valence electrons. The fourth-order valence-corrected chi connectivity index (χ4v) is 1.10. The highest BCUT2D eigenvalue weighted by atomic mass is 16.5. The molecule has 0 heterocycles. The molecular weight excluding hydrogens is 172 g/mol. The van der Waals surface area contributed by atoms with Crippen molar-refractivity contribution in [3.63, 3.8) is 0 Å². The smallest absolute Gasteiger partial charge is 0.0873 e. The summed E-state index contributed by atoms with van der Waals surface area (Å²) in [6, 6.07) is 0. The summed E-state index contributed by atoms with van der Waals surface area (Å²) in [6.45, 7) is 5.26. The van der Waals surface area contributed by atoms with Crippen LogP contribution in [0.2, 0.25) is 0 Å². The molecule has 0 spiro atoms. The van der Waals surface area contributed by atoms with Gasteiger partial charge in [-0.15, -0.1) is 0 Å². The molecule has 0 saturated heterocycles. The standard InChI is InChI=1S/C13H24O/c1-3-5-7-8-9-11-13-14-12-10-6-4-2/h8-9,11,13H,3-7,10,12H2,1-2H3/b9-8+,13-11+. The van der Waals surface area contributed by atoms with Gasteiger partial charge in [-0.2, -0.15) is 0 Å². The van der Waals surface area contributed by atoms with E-state index < -0.39 is 0 Å². The molecule has 0 aromatic heterocycles. The first-order valence-corrected chi connectivity index (χ1v) is 5.85. The lowest BCUT2D eigenvalue weighted by molar-refractivity contribution is 0.241. The Balaban J connectivity index is 3.14. The Labute approximate surface area is 88.9 Å². The number of hydrogen-bond donors (Lipinski definition) is 0. The second kappa shape index (κ2) is 12.3. The molecule has 0 N–H and O–H groups in total. The van der Waals surface area contributed by atoms with Crippen LogP contribution in [-0.4, -0.2) is 6.61 Å². The molecular formula is C13H24O. The fourth-order valence-electron chi connectivity index (χ4n) is 1.10. The predicted octanol–water partition coefficient (Wildman–Crippen LogP) is 4.45. The van der Waals surface area contributed by atoms with Crippen molar-refractivity contribution in [1.82, 2.24) is 0 Å². The third-order valence-corrected chi connectivity index (χ3v) is 2.01. The van der Waals surface area contributed by atoms with Gasteiger partial charge in [0, 0.05) is 0 Å². The zero-order valence-electron chi connectivity index (χ0n) is 9.67. The minimum Gasteiger partial charge on any atom is -0.501 e. The molecule has 1 heteroatoms.